The number of nitrogens with zero attached hydrogens (tertiary/aromatic N) is 10. The smallest absolute Gasteiger partial charge is 0.269 e. The zero-order valence-electron chi connectivity index (χ0n) is 40.7. The Hall–Kier alpha value is -5.68. The van der Waals surface area contributed by atoms with Crippen LogP contribution in [0.4, 0.5) is 45.5 Å². The molecule has 0 unspecified atom stereocenters. The second-order valence-corrected chi connectivity index (χ2v) is 20.0. The van der Waals surface area contributed by atoms with Crippen LogP contribution in [0.15, 0.2) is 102 Å². The minimum absolute atomic E-state index is 0.147. The number of nitro benzene ring substituents is 2. The number of isothiocyanates is 1. The molecule has 4 aromatic carbocycles. The lowest BCUT2D eigenvalue weighted by Gasteiger charge is -2.36. The minimum atomic E-state index is -0.373. The highest BCUT2D eigenvalue weighted by atomic mass is 32.1. The Kier molecular flexibility index (Phi) is 18.4. The van der Waals surface area contributed by atoms with Gasteiger partial charge in [-0.1, -0.05) is 0 Å². The van der Waals surface area contributed by atoms with Crippen LogP contribution in [0.1, 0.15) is 38.5 Å². The summed E-state index contributed by atoms with van der Waals surface area (Å²) in [6.07, 6.45) is 8.62. The molecular weight excluding hydrogens is 901 g/mol. The summed E-state index contributed by atoms with van der Waals surface area (Å²) in [5.74, 6) is 2.96. The molecule has 374 valence electrons. The normalized spacial score (nSPS) is 19.8. The summed E-state index contributed by atoms with van der Waals surface area (Å²) in [5.41, 5.74) is 12.5. The number of piperazine rings is 4. The van der Waals surface area contributed by atoms with Crippen LogP contribution in [-0.2, 0) is 0 Å². The van der Waals surface area contributed by atoms with Crippen LogP contribution in [0.2, 0.25) is 0 Å². The molecule has 0 bridgehead atoms. The third-order valence-electron chi connectivity index (χ3n) is 14.4. The largest absolute Gasteiger partial charge is 0.399 e. The lowest BCUT2D eigenvalue weighted by molar-refractivity contribution is -0.385. The Morgan fingerprint density at radius 3 is 1.09 bits per heavy atom. The molecule has 0 radical (unpaired) electrons. The molecule has 4 heterocycles. The highest BCUT2D eigenvalue weighted by Crippen LogP contribution is 2.32. The van der Waals surface area contributed by atoms with Crippen molar-refractivity contribution in [2.45, 2.75) is 38.5 Å². The highest BCUT2D eigenvalue weighted by molar-refractivity contribution is 7.78. The van der Waals surface area contributed by atoms with Crippen molar-refractivity contribution in [2.75, 3.05) is 150 Å². The number of nitrogen functional groups attached to an aromatic ring is 1. The molecule has 3 N–H and O–H groups in total. The summed E-state index contributed by atoms with van der Waals surface area (Å²) in [6.45, 7) is 21.4. The third-order valence-corrected chi connectivity index (χ3v) is 14.5. The number of hydrogen-bond acceptors (Lipinski definition) is 15. The van der Waals surface area contributed by atoms with E-state index in [9.17, 15) is 20.2 Å². The number of anilines is 5. The lowest BCUT2D eigenvalue weighted by Crippen LogP contribution is -2.47. The van der Waals surface area contributed by atoms with Crippen molar-refractivity contribution in [1.82, 2.24) is 20.0 Å². The summed E-state index contributed by atoms with van der Waals surface area (Å²) >= 11 is 4.61. The molecule has 0 aromatic heterocycles. The van der Waals surface area contributed by atoms with Crippen molar-refractivity contribution in [3.8, 4) is 0 Å². The molecule has 70 heavy (non-hydrogen) atoms. The van der Waals surface area contributed by atoms with Gasteiger partial charge in [0.05, 0.1) is 20.7 Å². The number of nitro groups is 2. The second kappa shape index (κ2) is 25.4. The number of aliphatic imine (C=N–C) groups is 1. The van der Waals surface area contributed by atoms with E-state index >= 15 is 0 Å². The molecule has 7 aliphatic rings. The zero-order valence-corrected chi connectivity index (χ0v) is 41.6. The van der Waals surface area contributed by atoms with Gasteiger partial charge in [-0.3, -0.25) is 34.9 Å². The summed E-state index contributed by atoms with van der Waals surface area (Å²) in [4.78, 5) is 41.6. The molecule has 4 aromatic rings. The van der Waals surface area contributed by atoms with Crippen LogP contribution in [0.3, 0.4) is 0 Å². The van der Waals surface area contributed by atoms with Crippen molar-refractivity contribution in [1.29, 1.82) is 0 Å². The number of thiocarbonyl (C=S) groups is 1. The number of rotatable bonds is 13. The number of benzene rings is 4. The van der Waals surface area contributed by atoms with E-state index in [-0.39, 0.29) is 21.2 Å². The first-order chi connectivity index (χ1) is 34.1. The Balaban J connectivity index is 0.000000126. The fraction of sp³-hybridized carbons (Fsp3) is 0.528. The SMILES string of the molecule is Nc1ccc(N2CCN(CC3CC3)CC2)cc1.O=[N+]([O-])c1ccc(N2CCN(CC3CC3)CC2)cc1.O=[N+]([O-])c1ccc(N2CCNCC2)cc1.S=C=Nc1ccc(N2CCN(CC3CC3)CC2)cc1. The van der Waals surface area contributed by atoms with Crippen LogP contribution < -0.4 is 30.7 Å². The molecule has 0 atom stereocenters. The van der Waals surface area contributed by atoms with Gasteiger partial charge in [0.15, 0.2) is 0 Å². The third kappa shape index (κ3) is 16.2. The Labute approximate surface area is 419 Å². The van der Waals surface area contributed by atoms with E-state index in [4.69, 9.17) is 5.73 Å². The average Bonchev–Trinajstić information content (AvgIpc) is 4.26. The summed E-state index contributed by atoms with van der Waals surface area (Å²) in [6, 6.07) is 30.1. The van der Waals surface area contributed by atoms with Crippen LogP contribution in [0.5, 0.6) is 0 Å². The number of nitrogens with one attached hydrogen (secondary N) is 1. The van der Waals surface area contributed by atoms with Gasteiger partial charge in [-0.2, -0.15) is 4.99 Å². The lowest BCUT2D eigenvalue weighted by atomic mass is 10.2. The van der Waals surface area contributed by atoms with Crippen molar-refractivity contribution in [3.05, 3.63) is 117 Å². The fourth-order valence-corrected chi connectivity index (χ4v) is 9.64. The molecule has 7 fully saturated rings. The fourth-order valence-electron chi connectivity index (χ4n) is 9.53. The van der Waals surface area contributed by atoms with E-state index in [1.807, 2.05) is 48.5 Å². The van der Waals surface area contributed by atoms with E-state index < -0.39 is 0 Å². The van der Waals surface area contributed by atoms with Crippen LogP contribution >= 0.6 is 12.2 Å². The Morgan fingerprint density at radius 2 is 0.786 bits per heavy atom. The number of non-ortho nitro benzene ring substituents is 2. The van der Waals surface area contributed by atoms with Crippen molar-refractivity contribution >= 4 is 62.9 Å². The number of hydrogen-bond donors (Lipinski definition) is 2. The predicted molar refractivity (Wildman–Crippen MR) is 287 cm³/mol. The van der Waals surface area contributed by atoms with Crippen LogP contribution in [0, 0.1) is 38.0 Å². The van der Waals surface area contributed by atoms with Gasteiger partial charge in [0, 0.05) is 177 Å². The van der Waals surface area contributed by atoms with Gasteiger partial charge in [0.25, 0.3) is 11.4 Å². The summed E-state index contributed by atoms with van der Waals surface area (Å²) in [7, 11) is 0. The maximum Gasteiger partial charge on any atom is 0.269 e. The van der Waals surface area contributed by atoms with Gasteiger partial charge in [0.2, 0.25) is 0 Å². The Morgan fingerprint density at radius 1 is 0.486 bits per heavy atom. The number of nitrogens with two attached hydrogens (primary N) is 1. The first-order valence-electron chi connectivity index (χ1n) is 25.6. The first kappa shape index (κ1) is 50.7. The monoisotopic (exact) mass is 973 g/mol. The van der Waals surface area contributed by atoms with Gasteiger partial charge < -0.3 is 30.7 Å². The predicted octanol–water partition coefficient (Wildman–Crippen LogP) is 7.88. The molecular formula is C53H72N12O4S. The highest BCUT2D eigenvalue weighted by Gasteiger charge is 2.29. The Bertz CT molecular complexity index is 2200. The van der Waals surface area contributed by atoms with Gasteiger partial charge in [-0.15, -0.1) is 0 Å². The summed E-state index contributed by atoms with van der Waals surface area (Å²) < 4.78 is 0. The topological polar surface area (TPSA) is 159 Å². The van der Waals surface area contributed by atoms with E-state index in [1.165, 1.54) is 95.7 Å². The maximum absolute atomic E-state index is 10.6. The molecule has 4 aliphatic heterocycles. The van der Waals surface area contributed by atoms with Gasteiger partial charge >= 0.3 is 0 Å². The molecule has 0 spiro atoms. The molecule has 0 amide bonds. The van der Waals surface area contributed by atoms with E-state index in [1.54, 1.807) is 24.3 Å². The van der Waals surface area contributed by atoms with E-state index in [0.29, 0.717) is 0 Å². The average molecular weight is 973 g/mol. The first-order valence-corrected chi connectivity index (χ1v) is 26.0. The second-order valence-electron chi connectivity index (χ2n) is 19.8. The molecule has 3 aliphatic carbocycles. The van der Waals surface area contributed by atoms with Gasteiger partial charge in [-0.05, 0) is 141 Å². The van der Waals surface area contributed by atoms with E-state index in [2.05, 4.69) is 86.3 Å². The molecule has 17 heteroatoms. The molecule has 11 rings (SSSR count). The molecule has 3 saturated carbocycles. The van der Waals surface area contributed by atoms with Gasteiger partial charge in [-0.25, -0.2) is 0 Å². The summed E-state index contributed by atoms with van der Waals surface area (Å²) in [5, 5.41) is 26.8. The zero-order chi connectivity index (χ0) is 48.7. The van der Waals surface area contributed by atoms with Gasteiger partial charge in [0.1, 0.15) is 0 Å². The maximum atomic E-state index is 10.6. The van der Waals surface area contributed by atoms with Crippen molar-refractivity contribution < 1.29 is 9.85 Å². The van der Waals surface area contributed by atoms with Crippen LogP contribution in [0.25, 0.3) is 0 Å². The van der Waals surface area contributed by atoms with E-state index in [0.717, 1.165) is 119 Å². The molecule has 4 saturated heterocycles. The van der Waals surface area contributed by atoms with Crippen molar-refractivity contribution in [2.24, 2.45) is 22.7 Å². The standard InChI is InChI=1S/C15H19N3S.C14H19N3O2.C14H21N3.C10H13N3O2/c19-12-16-14-3-5-15(6-4-14)18-9-7-17(8-10-18)11-13-1-2-13;18-17(19)14-5-3-13(4-6-14)16-9-7-15(8-10-16)11-12-1-2-12;15-13-3-5-14(6-4-13)17-9-7-16(8-10-17)11-12-1-2-12;14-13(15)10-3-1-9(2-4-10)12-7-5-11-6-8-12/h3-6,13H,1-2,7-11H2;3-6,12H,1-2,7-11H2;3-6,12H,1-2,7-11,15H2;1-4,11H,5-8H2. The quantitative estimate of drug-likeness (QED) is 0.0438. The van der Waals surface area contributed by atoms with Crippen molar-refractivity contribution in [3.63, 3.8) is 0 Å². The molecule has 16 nitrogen and oxygen atoms in total. The van der Waals surface area contributed by atoms with Crippen LogP contribution in [-0.4, -0.2) is 154 Å². The minimum Gasteiger partial charge on any atom is -0.399 e.